The van der Waals surface area contributed by atoms with Crippen molar-refractivity contribution in [3.63, 3.8) is 0 Å². The highest BCUT2D eigenvalue weighted by molar-refractivity contribution is 6.38. The minimum absolute atomic E-state index is 0.00335. The van der Waals surface area contributed by atoms with Gasteiger partial charge in [0.05, 0.1) is 36.1 Å². The lowest BCUT2D eigenvalue weighted by Crippen LogP contribution is -2.67. The maximum atomic E-state index is 12.6. The highest BCUT2D eigenvalue weighted by atomic mass is 35.5. The van der Waals surface area contributed by atoms with Gasteiger partial charge in [0, 0.05) is 34.6 Å². The summed E-state index contributed by atoms with van der Waals surface area (Å²) < 4.78 is 5.25. The Hall–Kier alpha value is -3.49. The van der Waals surface area contributed by atoms with Crippen LogP contribution in [0.4, 0.5) is 5.69 Å². The highest BCUT2D eigenvalue weighted by Crippen LogP contribution is 2.38. The Morgan fingerprint density at radius 3 is 2.56 bits per heavy atom. The summed E-state index contributed by atoms with van der Waals surface area (Å²) in [6.45, 7) is 2.96. The minimum atomic E-state index is -0.333. The fraction of sp³-hybridized carbons (Fsp3) is 0.217. The molecule has 0 unspecified atom stereocenters. The summed E-state index contributed by atoms with van der Waals surface area (Å²) in [6.07, 6.45) is 1.42. The van der Waals surface area contributed by atoms with Gasteiger partial charge in [-0.3, -0.25) is 14.6 Å². The van der Waals surface area contributed by atoms with Crippen molar-refractivity contribution in [2.45, 2.75) is 0 Å². The molecule has 2 saturated heterocycles. The maximum Gasteiger partial charge on any atom is 0.258 e. The molecule has 1 amide bonds. The lowest BCUT2D eigenvalue weighted by molar-refractivity contribution is -0.176. The molecule has 0 radical (unpaired) electrons. The number of pyridine rings is 1. The van der Waals surface area contributed by atoms with Crippen molar-refractivity contribution in [3.05, 3.63) is 75.0 Å². The first kappa shape index (κ1) is 20.4. The number of benzene rings is 2. The summed E-state index contributed by atoms with van der Waals surface area (Å²) >= 11 is 6.05. The molecule has 162 valence electrons. The molecule has 32 heavy (non-hydrogen) atoms. The second kappa shape index (κ2) is 7.89. The van der Waals surface area contributed by atoms with E-state index < -0.39 is 0 Å². The Labute approximate surface area is 188 Å². The number of aromatic amines is 1. The van der Waals surface area contributed by atoms with Gasteiger partial charge in [-0.25, -0.2) is 0 Å². The van der Waals surface area contributed by atoms with Crippen LogP contribution in [-0.4, -0.2) is 54.0 Å². The van der Waals surface area contributed by atoms with Crippen molar-refractivity contribution < 1.29 is 9.53 Å². The Bertz CT molecular complexity index is 1320. The van der Waals surface area contributed by atoms with Crippen LogP contribution in [0.5, 0.6) is 0 Å². The third-order valence-corrected chi connectivity index (χ3v) is 6.06. The van der Waals surface area contributed by atoms with E-state index >= 15 is 0 Å². The number of rotatable bonds is 4. The molecule has 1 aromatic heterocycles. The van der Waals surface area contributed by atoms with Gasteiger partial charge >= 0.3 is 0 Å². The van der Waals surface area contributed by atoms with Gasteiger partial charge in [0.2, 0.25) is 0 Å². The van der Waals surface area contributed by atoms with Crippen LogP contribution in [0.25, 0.3) is 10.9 Å². The molecule has 2 aromatic carbocycles. The first-order valence-corrected chi connectivity index (χ1v) is 10.5. The van der Waals surface area contributed by atoms with Gasteiger partial charge in [-0.15, -0.1) is 0 Å². The van der Waals surface area contributed by atoms with E-state index in [4.69, 9.17) is 22.2 Å². The van der Waals surface area contributed by atoms with Crippen LogP contribution in [-0.2, 0) is 4.74 Å². The molecule has 9 heteroatoms. The van der Waals surface area contributed by atoms with E-state index in [1.165, 1.54) is 6.21 Å². The van der Waals surface area contributed by atoms with E-state index in [-0.39, 0.29) is 28.2 Å². The number of nitrogens with one attached hydrogen (secondary N) is 1. The normalized spacial score (nSPS) is 17.5. The summed E-state index contributed by atoms with van der Waals surface area (Å²) in [5.41, 5.74) is 2.23. The van der Waals surface area contributed by atoms with Crippen LogP contribution in [0.15, 0.2) is 63.4 Å². The lowest BCUT2D eigenvalue weighted by Gasteiger charge is -2.54. The Morgan fingerprint density at radius 1 is 1.16 bits per heavy atom. The van der Waals surface area contributed by atoms with Crippen LogP contribution >= 0.6 is 11.6 Å². The quantitative estimate of drug-likeness (QED) is 0.362. The van der Waals surface area contributed by atoms with Crippen LogP contribution in [0.2, 0.25) is 5.02 Å². The number of H-pyrrole nitrogens is 1. The minimum Gasteiger partial charge on any atom is -0.380 e. The number of amides is 1. The van der Waals surface area contributed by atoms with Gasteiger partial charge in [-0.1, -0.05) is 11.6 Å². The van der Waals surface area contributed by atoms with Gasteiger partial charge in [0.15, 0.2) is 0 Å². The van der Waals surface area contributed by atoms with Crippen molar-refractivity contribution in [1.82, 2.24) is 9.88 Å². The number of nitrogens with two attached hydrogens (primary N) is 1. The number of carbonyl (C=O) groups excluding carboxylic acids is 1. The average molecular weight is 450 g/mol. The number of fused-ring (bicyclic) bond motifs is 1. The van der Waals surface area contributed by atoms with E-state index in [1.54, 1.807) is 48.5 Å². The second-order valence-electron chi connectivity index (χ2n) is 8.22. The number of hydrogen-bond acceptors (Lipinski definition) is 6. The average Bonchev–Trinajstić information content (AvgIpc) is 2.73. The van der Waals surface area contributed by atoms with Gasteiger partial charge in [0.25, 0.3) is 11.5 Å². The largest absolute Gasteiger partial charge is 0.380 e. The second-order valence-corrected chi connectivity index (χ2v) is 8.65. The Kier molecular flexibility index (Phi) is 5.03. The van der Waals surface area contributed by atoms with E-state index in [0.717, 1.165) is 31.7 Å². The molecule has 2 fully saturated rings. The molecular formula is C23H20ClN5O3. The topological polar surface area (TPSA) is 113 Å². The van der Waals surface area contributed by atoms with Crippen molar-refractivity contribution in [2.75, 3.05) is 26.3 Å². The number of nitrogens with zero attached hydrogens (tertiary/aromatic N) is 3. The van der Waals surface area contributed by atoms with E-state index in [2.05, 4.69) is 15.1 Å². The molecule has 3 aromatic rings. The van der Waals surface area contributed by atoms with E-state index in [1.807, 2.05) is 4.90 Å². The number of likely N-dealkylation sites (tertiary alicyclic amines) is 1. The fourth-order valence-electron chi connectivity index (χ4n) is 4.03. The number of halogens is 1. The van der Waals surface area contributed by atoms with Crippen LogP contribution in [0.3, 0.4) is 0 Å². The first-order chi connectivity index (χ1) is 15.5. The maximum absolute atomic E-state index is 12.6. The zero-order valence-electron chi connectivity index (χ0n) is 17.0. The molecule has 3 N–H and O–H groups in total. The number of carbonyl (C=O) groups is 1. The third-order valence-electron chi connectivity index (χ3n) is 5.83. The number of aliphatic imine (C=N–C) groups is 1. The number of hydrogen-bond donors (Lipinski definition) is 2. The van der Waals surface area contributed by atoms with Crippen LogP contribution < -0.4 is 11.4 Å². The standard InChI is InChI=1S/C23H20ClN5O3/c24-16-3-6-19-15(7-16)8-18(21(30)27-19)20(28-25)9-26-17-4-1-14(2-5-17)22(31)29-10-23(11-29)12-32-13-23/h1-9H,10-13,25H2,(H,27,30). The van der Waals surface area contributed by atoms with Gasteiger partial charge < -0.3 is 20.5 Å². The van der Waals surface area contributed by atoms with Crippen molar-refractivity contribution >= 4 is 46.0 Å². The third kappa shape index (κ3) is 3.68. The highest BCUT2D eigenvalue weighted by Gasteiger charge is 2.50. The molecule has 2 aliphatic heterocycles. The van der Waals surface area contributed by atoms with Crippen LogP contribution in [0, 0.1) is 5.41 Å². The van der Waals surface area contributed by atoms with Crippen LogP contribution in [0.1, 0.15) is 15.9 Å². The number of aromatic nitrogens is 1. The number of hydrazone groups is 1. The van der Waals surface area contributed by atoms with Gasteiger partial charge in [0.1, 0.15) is 5.71 Å². The predicted molar refractivity (Wildman–Crippen MR) is 124 cm³/mol. The fourth-order valence-corrected chi connectivity index (χ4v) is 4.21. The molecule has 8 nitrogen and oxygen atoms in total. The zero-order valence-corrected chi connectivity index (χ0v) is 17.8. The SMILES string of the molecule is NN=C(C=Nc1ccc(C(=O)N2CC3(COC3)C2)cc1)c1cc2cc(Cl)ccc2[nH]c1=O. The summed E-state index contributed by atoms with van der Waals surface area (Å²) in [5, 5.41) is 5.03. The molecule has 0 saturated carbocycles. The zero-order chi connectivity index (χ0) is 22.3. The monoisotopic (exact) mass is 449 g/mol. The Balaban J connectivity index is 1.32. The summed E-state index contributed by atoms with van der Waals surface area (Å²) in [6, 6.07) is 13.8. The smallest absolute Gasteiger partial charge is 0.258 e. The Morgan fingerprint density at radius 2 is 1.91 bits per heavy atom. The first-order valence-electron chi connectivity index (χ1n) is 10.1. The summed E-state index contributed by atoms with van der Waals surface area (Å²) in [4.78, 5) is 34.1. The molecule has 0 aliphatic carbocycles. The van der Waals surface area contributed by atoms with Gasteiger partial charge in [-0.05, 0) is 48.5 Å². The molecular weight excluding hydrogens is 430 g/mol. The molecule has 5 rings (SSSR count). The molecule has 0 bridgehead atoms. The van der Waals surface area contributed by atoms with Crippen molar-refractivity contribution in [2.24, 2.45) is 21.4 Å². The molecule has 3 heterocycles. The van der Waals surface area contributed by atoms with Crippen molar-refractivity contribution in [1.29, 1.82) is 0 Å². The molecule has 2 aliphatic rings. The van der Waals surface area contributed by atoms with E-state index in [0.29, 0.717) is 21.8 Å². The predicted octanol–water partition coefficient (Wildman–Crippen LogP) is 2.72. The summed E-state index contributed by atoms with van der Waals surface area (Å²) in [7, 11) is 0. The molecule has 0 atom stereocenters. The number of ether oxygens (including phenoxy) is 1. The lowest BCUT2D eigenvalue weighted by atomic mass is 9.78. The van der Waals surface area contributed by atoms with E-state index in [9.17, 15) is 9.59 Å². The summed E-state index contributed by atoms with van der Waals surface area (Å²) in [5.74, 6) is 5.53. The molecule has 1 spiro atoms. The van der Waals surface area contributed by atoms with Gasteiger partial charge in [-0.2, -0.15) is 5.10 Å². The van der Waals surface area contributed by atoms with Crippen molar-refractivity contribution in [3.8, 4) is 0 Å².